The monoisotopic (exact) mass is 200 g/mol. The topological polar surface area (TPSA) is 63.6 Å². The summed E-state index contributed by atoms with van der Waals surface area (Å²) in [5.74, 6) is -1.25. The van der Waals surface area contributed by atoms with Gasteiger partial charge in [0.25, 0.3) is 0 Å². The number of ether oxygens (including phenoxy) is 1. The van der Waals surface area contributed by atoms with Gasteiger partial charge in [0, 0.05) is 12.5 Å². The van der Waals surface area contributed by atoms with Crippen LogP contribution in [0.15, 0.2) is 12.2 Å². The Balaban J connectivity index is 4.07. The summed E-state index contributed by atoms with van der Waals surface area (Å²) < 4.78 is 4.49. The van der Waals surface area contributed by atoms with Gasteiger partial charge >= 0.3 is 11.9 Å². The van der Waals surface area contributed by atoms with Crippen molar-refractivity contribution in [3.8, 4) is 0 Å². The van der Waals surface area contributed by atoms with E-state index in [0.29, 0.717) is 12.8 Å². The maximum absolute atomic E-state index is 10.8. The van der Waals surface area contributed by atoms with E-state index in [1.807, 2.05) is 13.8 Å². The van der Waals surface area contributed by atoms with Gasteiger partial charge in [0.1, 0.15) is 0 Å². The summed E-state index contributed by atoms with van der Waals surface area (Å²) >= 11 is 0. The number of allylic oxidation sites excluding steroid dienone is 1. The van der Waals surface area contributed by atoms with Gasteiger partial charge in [0.15, 0.2) is 0 Å². The molecule has 0 aliphatic heterocycles. The summed E-state index contributed by atoms with van der Waals surface area (Å²) in [6, 6.07) is 0. The van der Waals surface area contributed by atoms with Crippen LogP contribution in [-0.4, -0.2) is 24.2 Å². The third-order valence-electron chi connectivity index (χ3n) is 1.88. The zero-order valence-electron chi connectivity index (χ0n) is 8.74. The molecule has 4 heteroatoms. The maximum atomic E-state index is 10.8. The van der Waals surface area contributed by atoms with Crippen LogP contribution in [0.1, 0.15) is 26.7 Å². The Morgan fingerprint density at radius 1 is 1.43 bits per heavy atom. The van der Waals surface area contributed by atoms with Crippen LogP contribution in [0.25, 0.3) is 0 Å². The number of esters is 1. The fraction of sp³-hybridized carbons (Fsp3) is 0.600. The van der Waals surface area contributed by atoms with Crippen LogP contribution in [0.2, 0.25) is 0 Å². The second-order valence-corrected chi connectivity index (χ2v) is 3.74. The highest BCUT2D eigenvalue weighted by atomic mass is 16.5. The summed E-state index contributed by atoms with van der Waals surface area (Å²) in [5, 5.41) is 8.42. The van der Waals surface area contributed by atoms with Gasteiger partial charge in [-0.05, 0) is 11.8 Å². The number of rotatable bonds is 5. The molecule has 0 aliphatic rings. The quantitative estimate of drug-likeness (QED) is 0.541. The van der Waals surface area contributed by atoms with Crippen LogP contribution in [0, 0.1) is 5.41 Å². The predicted molar refractivity (Wildman–Crippen MR) is 51.8 cm³/mol. The van der Waals surface area contributed by atoms with Crippen molar-refractivity contribution in [3.05, 3.63) is 12.2 Å². The number of carbonyl (C=O) groups excluding carboxylic acids is 1. The molecule has 0 radical (unpaired) electrons. The largest absolute Gasteiger partial charge is 0.478 e. The zero-order valence-corrected chi connectivity index (χ0v) is 8.74. The van der Waals surface area contributed by atoms with Gasteiger partial charge in [-0.2, -0.15) is 0 Å². The van der Waals surface area contributed by atoms with Gasteiger partial charge in [-0.3, -0.25) is 4.79 Å². The van der Waals surface area contributed by atoms with Gasteiger partial charge in [0.05, 0.1) is 7.11 Å². The molecule has 0 saturated heterocycles. The number of carboxylic acids is 1. The molecule has 4 nitrogen and oxygen atoms in total. The number of carbonyl (C=O) groups is 2. The zero-order chi connectivity index (χ0) is 11.2. The molecule has 80 valence electrons. The van der Waals surface area contributed by atoms with Crippen molar-refractivity contribution >= 4 is 11.9 Å². The molecule has 0 bridgehead atoms. The highest BCUT2D eigenvalue weighted by Gasteiger charge is 2.16. The minimum atomic E-state index is -0.976. The van der Waals surface area contributed by atoms with E-state index in [1.54, 1.807) is 6.08 Å². The van der Waals surface area contributed by atoms with E-state index in [0.717, 1.165) is 6.08 Å². The molecule has 0 rings (SSSR count). The molecule has 0 amide bonds. The van der Waals surface area contributed by atoms with Crippen LogP contribution < -0.4 is 0 Å². The van der Waals surface area contributed by atoms with Crippen LogP contribution in [0.4, 0.5) is 0 Å². The van der Waals surface area contributed by atoms with E-state index in [4.69, 9.17) is 5.11 Å². The SMILES string of the molecule is COC(=O)CCC(C)(C)C=CC(=O)O. The Hall–Kier alpha value is -1.32. The van der Waals surface area contributed by atoms with E-state index >= 15 is 0 Å². The molecule has 0 unspecified atom stereocenters. The molecule has 0 aliphatic carbocycles. The molecule has 0 saturated carbocycles. The first kappa shape index (κ1) is 12.7. The molecule has 0 fully saturated rings. The van der Waals surface area contributed by atoms with Crippen LogP contribution in [0.5, 0.6) is 0 Å². The highest BCUT2D eigenvalue weighted by Crippen LogP contribution is 2.24. The first-order valence-corrected chi connectivity index (χ1v) is 4.36. The fourth-order valence-electron chi connectivity index (χ4n) is 0.907. The second-order valence-electron chi connectivity index (χ2n) is 3.74. The number of methoxy groups -OCH3 is 1. The summed E-state index contributed by atoms with van der Waals surface area (Å²) in [7, 11) is 1.34. The van der Waals surface area contributed by atoms with Gasteiger partial charge in [0.2, 0.25) is 0 Å². The third-order valence-corrected chi connectivity index (χ3v) is 1.88. The normalized spacial score (nSPS) is 11.6. The molecule has 14 heavy (non-hydrogen) atoms. The van der Waals surface area contributed by atoms with E-state index in [-0.39, 0.29) is 11.4 Å². The lowest BCUT2D eigenvalue weighted by Crippen LogP contribution is -2.12. The summed E-state index contributed by atoms with van der Waals surface area (Å²) in [6.07, 6.45) is 3.55. The molecule has 0 aromatic rings. The summed E-state index contributed by atoms with van der Waals surface area (Å²) in [6.45, 7) is 3.74. The fourth-order valence-corrected chi connectivity index (χ4v) is 0.907. The average molecular weight is 200 g/mol. The van der Waals surface area contributed by atoms with Crippen molar-refractivity contribution in [1.29, 1.82) is 0 Å². The van der Waals surface area contributed by atoms with Gasteiger partial charge < -0.3 is 9.84 Å². The summed E-state index contributed by atoms with van der Waals surface area (Å²) in [5.41, 5.74) is -0.299. The van der Waals surface area contributed by atoms with Crippen molar-refractivity contribution < 1.29 is 19.4 Å². The molecule has 1 N–H and O–H groups in total. The average Bonchev–Trinajstić information content (AvgIpc) is 2.11. The molecular formula is C10H16O4. The first-order chi connectivity index (χ1) is 6.37. The maximum Gasteiger partial charge on any atom is 0.327 e. The second kappa shape index (κ2) is 5.42. The predicted octanol–water partition coefficient (Wildman–Crippen LogP) is 1.61. The number of carboxylic acid groups (broad SMARTS) is 1. The number of aliphatic carboxylic acids is 1. The Bertz CT molecular complexity index is 241. The van der Waals surface area contributed by atoms with Crippen molar-refractivity contribution in [2.45, 2.75) is 26.7 Å². The lowest BCUT2D eigenvalue weighted by atomic mass is 9.87. The van der Waals surface area contributed by atoms with Gasteiger partial charge in [-0.25, -0.2) is 4.79 Å². The minimum absolute atomic E-state index is 0.276. The molecule has 0 aromatic heterocycles. The van der Waals surface area contributed by atoms with Crippen molar-refractivity contribution in [3.63, 3.8) is 0 Å². The van der Waals surface area contributed by atoms with Crippen molar-refractivity contribution in [2.24, 2.45) is 5.41 Å². The van der Waals surface area contributed by atoms with Crippen molar-refractivity contribution in [2.75, 3.05) is 7.11 Å². The Kier molecular flexibility index (Phi) is 4.91. The van der Waals surface area contributed by atoms with Gasteiger partial charge in [-0.15, -0.1) is 0 Å². The molecule has 0 aromatic carbocycles. The summed E-state index contributed by atoms with van der Waals surface area (Å²) in [4.78, 5) is 21.1. The third kappa shape index (κ3) is 6.22. The molecule has 0 atom stereocenters. The lowest BCUT2D eigenvalue weighted by Gasteiger charge is -2.18. The lowest BCUT2D eigenvalue weighted by molar-refractivity contribution is -0.141. The first-order valence-electron chi connectivity index (χ1n) is 4.36. The highest BCUT2D eigenvalue weighted by molar-refractivity contribution is 5.79. The smallest absolute Gasteiger partial charge is 0.327 e. The van der Waals surface area contributed by atoms with E-state index in [9.17, 15) is 9.59 Å². The van der Waals surface area contributed by atoms with E-state index in [2.05, 4.69) is 4.74 Å². The van der Waals surface area contributed by atoms with Crippen LogP contribution in [0.3, 0.4) is 0 Å². The Labute approximate surface area is 83.6 Å². The van der Waals surface area contributed by atoms with E-state index < -0.39 is 5.97 Å². The molecule has 0 heterocycles. The van der Waals surface area contributed by atoms with Crippen molar-refractivity contribution in [1.82, 2.24) is 0 Å². The Morgan fingerprint density at radius 3 is 2.43 bits per heavy atom. The van der Waals surface area contributed by atoms with Crippen LogP contribution >= 0.6 is 0 Å². The minimum Gasteiger partial charge on any atom is -0.478 e. The van der Waals surface area contributed by atoms with Crippen LogP contribution in [-0.2, 0) is 14.3 Å². The number of hydrogen-bond acceptors (Lipinski definition) is 3. The van der Waals surface area contributed by atoms with E-state index in [1.165, 1.54) is 7.11 Å². The standard InChI is InChI=1S/C10H16O4/c1-10(2,6-4-8(11)12)7-5-9(13)14-3/h4,6H,5,7H2,1-3H3,(H,11,12). The Morgan fingerprint density at radius 2 is 2.00 bits per heavy atom. The molecular weight excluding hydrogens is 184 g/mol. The van der Waals surface area contributed by atoms with Gasteiger partial charge in [-0.1, -0.05) is 19.9 Å². The number of hydrogen-bond donors (Lipinski definition) is 1. The molecule has 0 spiro atoms.